The minimum Gasteiger partial charge on any atom is -0.494 e. The summed E-state index contributed by atoms with van der Waals surface area (Å²) in [5, 5.41) is 2.97. The second-order valence-corrected chi connectivity index (χ2v) is 7.55. The van der Waals surface area contributed by atoms with Crippen LogP contribution in [0.5, 0.6) is 5.75 Å². The number of rotatable bonds is 5. The molecule has 2 amide bonds. The standard InChI is InChI=1S/C22H24N4O2/c1-2-28-18-11-9-16(10-12-18)23-22(27)25-13-17(14-25)26-20-6-4-3-5-19(20)24-21(26)15-7-8-15/h3-6,9-12,15,17H,2,7-8,13-14H2,1H3,(H,23,27). The summed E-state index contributed by atoms with van der Waals surface area (Å²) in [4.78, 5) is 19.3. The van der Waals surface area contributed by atoms with Gasteiger partial charge in [-0.15, -0.1) is 0 Å². The van der Waals surface area contributed by atoms with Crippen LogP contribution < -0.4 is 10.1 Å². The van der Waals surface area contributed by atoms with Gasteiger partial charge < -0.3 is 19.5 Å². The van der Waals surface area contributed by atoms with E-state index in [2.05, 4.69) is 28.1 Å². The number of nitrogens with one attached hydrogen (secondary N) is 1. The van der Waals surface area contributed by atoms with Crippen molar-refractivity contribution >= 4 is 22.8 Å². The van der Waals surface area contributed by atoms with E-state index in [1.165, 1.54) is 24.2 Å². The van der Waals surface area contributed by atoms with Crippen LogP contribution in [-0.2, 0) is 0 Å². The highest BCUT2D eigenvalue weighted by atomic mass is 16.5. The molecule has 1 saturated heterocycles. The molecule has 6 heteroatoms. The first kappa shape index (κ1) is 17.1. The van der Waals surface area contributed by atoms with Crippen molar-refractivity contribution in [3.8, 4) is 5.75 Å². The van der Waals surface area contributed by atoms with Gasteiger partial charge in [0.15, 0.2) is 0 Å². The average molecular weight is 376 g/mol. The molecule has 1 aliphatic heterocycles. The second kappa shape index (κ2) is 6.86. The van der Waals surface area contributed by atoms with Crippen molar-refractivity contribution in [1.29, 1.82) is 0 Å². The molecule has 2 heterocycles. The van der Waals surface area contributed by atoms with Crippen LogP contribution in [0.25, 0.3) is 11.0 Å². The summed E-state index contributed by atoms with van der Waals surface area (Å²) in [5.41, 5.74) is 3.02. The summed E-state index contributed by atoms with van der Waals surface area (Å²) >= 11 is 0. The summed E-state index contributed by atoms with van der Waals surface area (Å²) < 4.78 is 7.81. The Morgan fingerprint density at radius 1 is 1.14 bits per heavy atom. The van der Waals surface area contributed by atoms with Crippen molar-refractivity contribution in [3.63, 3.8) is 0 Å². The minimum atomic E-state index is -0.0576. The summed E-state index contributed by atoms with van der Waals surface area (Å²) in [7, 11) is 0. The highest BCUT2D eigenvalue weighted by Crippen LogP contribution is 2.42. The number of benzene rings is 2. The fourth-order valence-corrected chi connectivity index (χ4v) is 3.86. The third kappa shape index (κ3) is 3.09. The number of hydrogen-bond acceptors (Lipinski definition) is 3. The molecule has 0 radical (unpaired) electrons. The van der Waals surface area contributed by atoms with E-state index in [1.54, 1.807) is 0 Å². The average Bonchev–Trinajstić information content (AvgIpc) is 3.44. The molecule has 1 aliphatic carbocycles. The molecule has 3 aromatic rings. The van der Waals surface area contributed by atoms with E-state index >= 15 is 0 Å². The lowest BCUT2D eigenvalue weighted by molar-refractivity contribution is 0.135. The summed E-state index contributed by atoms with van der Waals surface area (Å²) in [6.07, 6.45) is 2.44. The van der Waals surface area contributed by atoms with Crippen LogP contribution in [0, 0.1) is 0 Å². The molecule has 2 fully saturated rings. The van der Waals surface area contributed by atoms with Crippen molar-refractivity contribution < 1.29 is 9.53 Å². The first-order valence-corrected chi connectivity index (χ1v) is 9.98. The number of anilines is 1. The highest BCUT2D eigenvalue weighted by molar-refractivity contribution is 5.90. The minimum absolute atomic E-state index is 0.0576. The van der Waals surface area contributed by atoms with Crippen LogP contribution in [0.3, 0.4) is 0 Å². The summed E-state index contributed by atoms with van der Waals surface area (Å²) in [6, 6.07) is 16.0. The number of ether oxygens (including phenoxy) is 1. The molecule has 2 aromatic carbocycles. The Bertz CT molecular complexity index is 1000. The number of fused-ring (bicyclic) bond motifs is 1. The molecule has 144 valence electrons. The van der Waals surface area contributed by atoms with Gasteiger partial charge in [0.25, 0.3) is 0 Å². The van der Waals surface area contributed by atoms with Crippen molar-refractivity contribution in [1.82, 2.24) is 14.5 Å². The molecule has 6 nitrogen and oxygen atoms in total. The maximum Gasteiger partial charge on any atom is 0.321 e. The van der Waals surface area contributed by atoms with Crippen LogP contribution >= 0.6 is 0 Å². The Morgan fingerprint density at radius 3 is 2.61 bits per heavy atom. The Kier molecular flexibility index (Phi) is 4.19. The van der Waals surface area contributed by atoms with Crippen molar-refractivity contribution in [2.45, 2.75) is 31.7 Å². The Morgan fingerprint density at radius 2 is 1.89 bits per heavy atom. The number of carbonyl (C=O) groups is 1. The molecule has 0 unspecified atom stereocenters. The number of imidazole rings is 1. The molecular formula is C22H24N4O2. The van der Waals surface area contributed by atoms with Crippen LogP contribution in [0.4, 0.5) is 10.5 Å². The molecule has 1 aromatic heterocycles. The highest BCUT2D eigenvalue weighted by Gasteiger charge is 2.37. The lowest BCUT2D eigenvalue weighted by Crippen LogP contribution is -2.52. The zero-order valence-electron chi connectivity index (χ0n) is 16.0. The van der Waals surface area contributed by atoms with Crippen LogP contribution in [0.2, 0.25) is 0 Å². The Hall–Kier alpha value is -3.02. The number of amides is 2. The molecule has 0 bridgehead atoms. The molecule has 1 saturated carbocycles. The molecule has 5 rings (SSSR count). The van der Waals surface area contributed by atoms with Crippen molar-refractivity contribution in [3.05, 3.63) is 54.4 Å². The van der Waals surface area contributed by atoms with E-state index in [9.17, 15) is 4.79 Å². The van der Waals surface area contributed by atoms with Gasteiger partial charge in [-0.3, -0.25) is 0 Å². The van der Waals surface area contributed by atoms with E-state index in [-0.39, 0.29) is 6.03 Å². The summed E-state index contributed by atoms with van der Waals surface area (Å²) in [5.74, 6) is 2.58. The van der Waals surface area contributed by atoms with Gasteiger partial charge >= 0.3 is 6.03 Å². The monoisotopic (exact) mass is 376 g/mol. The SMILES string of the molecule is CCOc1ccc(NC(=O)N2CC(n3c(C4CC4)nc4ccccc43)C2)cc1. The summed E-state index contributed by atoms with van der Waals surface area (Å²) in [6.45, 7) is 4.01. The van der Waals surface area contributed by atoms with Crippen molar-refractivity contribution in [2.75, 3.05) is 25.0 Å². The van der Waals surface area contributed by atoms with E-state index < -0.39 is 0 Å². The number of likely N-dealkylation sites (tertiary alicyclic amines) is 1. The Labute approximate surface area is 164 Å². The fraction of sp³-hybridized carbons (Fsp3) is 0.364. The molecule has 1 N–H and O–H groups in total. The molecule has 28 heavy (non-hydrogen) atoms. The predicted molar refractivity (Wildman–Crippen MR) is 109 cm³/mol. The number of para-hydroxylation sites is 2. The van der Waals surface area contributed by atoms with E-state index in [4.69, 9.17) is 9.72 Å². The normalized spacial score (nSPS) is 16.8. The van der Waals surface area contributed by atoms with Gasteiger partial charge in [-0.1, -0.05) is 12.1 Å². The van der Waals surface area contributed by atoms with Gasteiger partial charge in [0.1, 0.15) is 11.6 Å². The van der Waals surface area contributed by atoms with Gasteiger partial charge in [-0.2, -0.15) is 0 Å². The van der Waals surface area contributed by atoms with Crippen molar-refractivity contribution in [2.24, 2.45) is 0 Å². The maximum absolute atomic E-state index is 12.6. The first-order chi connectivity index (χ1) is 13.7. The number of nitrogens with zero attached hydrogens (tertiary/aromatic N) is 3. The van der Waals surface area contributed by atoms with Gasteiger partial charge in [0.2, 0.25) is 0 Å². The lowest BCUT2D eigenvalue weighted by atomic mass is 10.1. The molecule has 0 atom stereocenters. The van der Waals surface area contributed by atoms with Crippen LogP contribution in [-0.4, -0.2) is 40.2 Å². The van der Waals surface area contributed by atoms with Gasteiger partial charge in [0.05, 0.1) is 23.7 Å². The number of hydrogen-bond donors (Lipinski definition) is 1. The first-order valence-electron chi connectivity index (χ1n) is 9.98. The third-order valence-electron chi connectivity index (χ3n) is 5.50. The predicted octanol–water partition coefficient (Wildman–Crippen LogP) is 4.40. The third-order valence-corrected chi connectivity index (χ3v) is 5.50. The quantitative estimate of drug-likeness (QED) is 0.718. The number of aromatic nitrogens is 2. The molecule has 2 aliphatic rings. The lowest BCUT2D eigenvalue weighted by Gasteiger charge is -2.40. The van der Waals surface area contributed by atoms with E-state index in [1.807, 2.05) is 42.2 Å². The zero-order valence-corrected chi connectivity index (χ0v) is 16.0. The van der Waals surface area contributed by atoms with E-state index in [0.29, 0.717) is 31.7 Å². The van der Waals surface area contributed by atoms with Gasteiger partial charge in [-0.25, -0.2) is 9.78 Å². The van der Waals surface area contributed by atoms with Gasteiger partial charge in [0, 0.05) is 24.7 Å². The number of carbonyl (C=O) groups excluding carboxylic acids is 1. The second-order valence-electron chi connectivity index (χ2n) is 7.55. The van der Waals surface area contributed by atoms with Gasteiger partial charge in [-0.05, 0) is 56.2 Å². The van der Waals surface area contributed by atoms with E-state index in [0.717, 1.165) is 17.0 Å². The van der Waals surface area contributed by atoms with Crippen LogP contribution in [0.1, 0.15) is 37.5 Å². The maximum atomic E-state index is 12.6. The largest absolute Gasteiger partial charge is 0.494 e. The molecule has 0 spiro atoms. The smallest absolute Gasteiger partial charge is 0.321 e. The molecular weight excluding hydrogens is 352 g/mol. The fourth-order valence-electron chi connectivity index (χ4n) is 3.86. The topological polar surface area (TPSA) is 59.4 Å². The zero-order chi connectivity index (χ0) is 19.1. The Balaban J connectivity index is 1.27. The number of urea groups is 1. The van der Waals surface area contributed by atoms with Crippen LogP contribution in [0.15, 0.2) is 48.5 Å².